The Balaban J connectivity index is 1.15. The Labute approximate surface area is 262 Å². The minimum atomic E-state index is -1.02. The van der Waals surface area contributed by atoms with Gasteiger partial charge in [0.2, 0.25) is 0 Å². The molecule has 3 aliphatic heterocycles. The first-order valence-corrected chi connectivity index (χ1v) is 15.5. The average Bonchev–Trinajstić information content (AvgIpc) is 3.67. The van der Waals surface area contributed by atoms with E-state index >= 15 is 0 Å². The van der Waals surface area contributed by atoms with E-state index in [9.17, 15) is 15.0 Å². The second-order valence-electron chi connectivity index (χ2n) is 13.1. The molecule has 0 saturated carbocycles. The van der Waals surface area contributed by atoms with Crippen LogP contribution in [0.1, 0.15) is 52.4 Å². The van der Waals surface area contributed by atoms with E-state index in [0.717, 1.165) is 44.7 Å². The van der Waals surface area contributed by atoms with Crippen LogP contribution < -0.4 is 10.2 Å². The molecule has 3 aromatic heterocycles. The number of aliphatic hydroxyl groups excluding tert-OH is 2. The summed E-state index contributed by atoms with van der Waals surface area (Å²) in [5.74, 6) is 0.939. The van der Waals surface area contributed by atoms with Gasteiger partial charge >= 0.3 is 0 Å². The van der Waals surface area contributed by atoms with E-state index in [2.05, 4.69) is 38.7 Å². The number of carbonyl (C=O) groups excluding carboxylic acids is 1. The molecular formula is C32H41N9O4. The number of methoxy groups -OCH3 is 1. The predicted molar refractivity (Wildman–Crippen MR) is 169 cm³/mol. The van der Waals surface area contributed by atoms with Gasteiger partial charge in [-0.15, -0.1) is 0 Å². The zero-order chi connectivity index (χ0) is 31.5. The van der Waals surface area contributed by atoms with Crippen molar-refractivity contribution in [2.24, 2.45) is 10.5 Å². The molecule has 1 aliphatic carbocycles. The number of carbonyl (C=O) groups is 1. The number of aliphatic hydroxyl groups is 2. The van der Waals surface area contributed by atoms with Crippen molar-refractivity contribution in [3.63, 3.8) is 0 Å². The molecule has 0 spiro atoms. The molecule has 0 radical (unpaired) electrons. The first kappa shape index (κ1) is 29.7. The molecular weight excluding hydrogens is 574 g/mol. The molecule has 238 valence electrons. The molecule has 1 amide bonds. The third-order valence-corrected chi connectivity index (χ3v) is 9.30. The molecule has 13 nitrogen and oxygen atoms in total. The summed E-state index contributed by atoms with van der Waals surface area (Å²) >= 11 is 0. The molecule has 1 atom stereocenters. The molecule has 0 fully saturated rings. The van der Waals surface area contributed by atoms with Crippen LogP contribution in [0.25, 0.3) is 0 Å². The molecule has 3 aromatic rings. The zero-order valence-electron chi connectivity index (χ0n) is 26.3. The molecule has 3 N–H and O–H groups in total. The third-order valence-electron chi connectivity index (χ3n) is 9.30. The van der Waals surface area contributed by atoms with E-state index in [4.69, 9.17) is 9.84 Å². The van der Waals surface area contributed by atoms with E-state index in [1.165, 1.54) is 16.3 Å². The lowest BCUT2D eigenvalue weighted by Crippen LogP contribution is -2.42. The van der Waals surface area contributed by atoms with Gasteiger partial charge in [-0.1, -0.05) is 13.8 Å². The molecule has 13 heteroatoms. The van der Waals surface area contributed by atoms with Crippen molar-refractivity contribution >= 4 is 23.3 Å². The fraction of sp³-hybridized carbons (Fsp3) is 0.500. The highest BCUT2D eigenvalue weighted by atomic mass is 16.5. The van der Waals surface area contributed by atoms with Gasteiger partial charge in [0.25, 0.3) is 5.91 Å². The number of pyridine rings is 1. The SMILES string of the molecule is COCCN1CCn2nc(NC3=CC(c4ccnc(N5CCn6c(cc7c6CC(C)(C)C7)C5=O)c4CO)=NN(C)C3O)cc2C1. The Morgan fingerprint density at radius 3 is 2.80 bits per heavy atom. The minimum absolute atomic E-state index is 0.117. The van der Waals surface area contributed by atoms with Gasteiger partial charge in [-0.05, 0) is 42.0 Å². The van der Waals surface area contributed by atoms with Gasteiger partial charge in [0, 0.05) is 76.0 Å². The summed E-state index contributed by atoms with van der Waals surface area (Å²) in [7, 11) is 3.40. The molecule has 1 unspecified atom stereocenters. The number of rotatable bonds is 8. The molecule has 4 aliphatic rings. The molecule has 0 bridgehead atoms. The number of hydrogen-bond donors (Lipinski definition) is 3. The lowest BCUT2D eigenvalue weighted by Gasteiger charge is -2.31. The number of nitrogens with one attached hydrogen (secondary N) is 1. The number of likely N-dealkylation sites (N-methyl/N-ethyl adjacent to an activating group) is 1. The molecule has 0 aromatic carbocycles. The number of hydrazone groups is 1. The summed E-state index contributed by atoms with van der Waals surface area (Å²) in [4.78, 5) is 22.4. The Kier molecular flexibility index (Phi) is 7.51. The maximum Gasteiger partial charge on any atom is 0.276 e. The van der Waals surface area contributed by atoms with Crippen LogP contribution in [0.15, 0.2) is 41.3 Å². The highest BCUT2D eigenvalue weighted by Crippen LogP contribution is 2.39. The quantitative estimate of drug-likeness (QED) is 0.347. The summed E-state index contributed by atoms with van der Waals surface area (Å²) in [6.07, 6.45) is 4.30. The summed E-state index contributed by atoms with van der Waals surface area (Å²) in [5, 5.41) is 35.7. The van der Waals surface area contributed by atoms with Crippen LogP contribution in [0.4, 0.5) is 11.6 Å². The van der Waals surface area contributed by atoms with Gasteiger partial charge < -0.3 is 24.8 Å². The zero-order valence-corrected chi connectivity index (χ0v) is 26.3. The van der Waals surface area contributed by atoms with Crippen LogP contribution in [-0.2, 0) is 43.8 Å². The largest absolute Gasteiger partial charge is 0.392 e. The van der Waals surface area contributed by atoms with Gasteiger partial charge in [-0.2, -0.15) is 10.2 Å². The number of fused-ring (bicyclic) bond motifs is 4. The molecule has 0 saturated heterocycles. The van der Waals surface area contributed by atoms with Crippen molar-refractivity contribution in [3.8, 4) is 0 Å². The normalized spacial score (nSPS) is 20.9. The van der Waals surface area contributed by atoms with Crippen LogP contribution in [0.2, 0.25) is 0 Å². The number of ether oxygens (including phenoxy) is 1. The van der Waals surface area contributed by atoms with Gasteiger partial charge in [0.05, 0.1) is 36.9 Å². The number of aromatic nitrogens is 4. The van der Waals surface area contributed by atoms with E-state index in [1.54, 1.807) is 37.4 Å². The number of amides is 1. The van der Waals surface area contributed by atoms with Crippen molar-refractivity contribution in [2.75, 3.05) is 50.6 Å². The highest BCUT2D eigenvalue weighted by Gasteiger charge is 2.38. The Hall–Kier alpha value is -4.04. The second kappa shape index (κ2) is 11.4. The maximum absolute atomic E-state index is 13.8. The summed E-state index contributed by atoms with van der Waals surface area (Å²) in [6, 6.07) is 5.82. The predicted octanol–water partition coefficient (Wildman–Crippen LogP) is 1.78. The Morgan fingerprint density at radius 2 is 2.00 bits per heavy atom. The first-order chi connectivity index (χ1) is 21.7. The standard InChI is InChI=1S/C32H41N9O4/c1-32(2)16-20-13-26-31(44)40(9-8-39(26)27(20)17-32)29-23(19-42)22(5-6-33-29)24-15-25(30(43)37(3)35-24)34-28-14-21-18-38(11-12-45-4)7-10-41(21)36-28/h5-6,13-15,30,42-43H,7-12,16-19H2,1-4H3,(H,34,36). The van der Waals surface area contributed by atoms with Crippen molar-refractivity contribution in [2.45, 2.75) is 59.2 Å². The smallest absolute Gasteiger partial charge is 0.276 e. The number of allylic oxidation sites excluding steroid dienone is 1. The molecule has 6 heterocycles. The van der Waals surface area contributed by atoms with E-state index in [0.29, 0.717) is 59.6 Å². The van der Waals surface area contributed by atoms with Gasteiger partial charge in [-0.3, -0.25) is 24.3 Å². The van der Waals surface area contributed by atoms with E-state index in [1.807, 2.05) is 16.8 Å². The molecule has 7 rings (SSSR count). The number of hydrogen-bond acceptors (Lipinski definition) is 10. The van der Waals surface area contributed by atoms with Gasteiger partial charge in [0.15, 0.2) is 12.0 Å². The summed E-state index contributed by atoms with van der Waals surface area (Å²) < 4.78 is 9.39. The van der Waals surface area contributed by atoms with Crippen molar-refractivity contribution in [1.82, 2.24) is 29.2 Å². The Morgan fingerprint density at radius 1 is 1.16 bits per heavy atom. The van der Waals surface area contributed by atoms with Crippen molar-refractivity contribution < 1.29 is 19.7 Å². The van der Waals surface area contributed by atoms with Crippen LogP contribution >= 0.6 is 0 Å². The number of nitrogens with zero attached hydrogens (tertiary/aromatic N) is 8. The van der Waals surface area contributed by atoms with Crippen molar-refractivity contribution in [1.29, 1.82) is 0 Å². The summed E-state index contributed by atoms with van der Waals surface area (Å²) in [5.41, 5.74) is 6.65. The Bertz CT molecular complexity index is 1700. The van der Waals surface area contributed by atoms with Crippen LogP contribution in [-0.4, -0.2) is 97.7 Å². The van der Waals surface area contributed by atoms with Crippen molar-refractivity contribution in [3.05, 3.63) is 69.9 Å². The van der Waals surface area contributed by atoms with E-state index in [-0.39, 0.29) is 17.9 Å². The lowest BCUT2D eigenvalue weighted by atomic mass is 9.90. The fourth-order valence-corrected chi connectivity index (χ4v) is 7.07. The monoisotopic (exact) mass is 615 g/mol. The minimum Gasteiger partial charge on any atom is -0.392 e. The lowest BCUT2D eigenvalue weighted by molar-refractivity contribution is 0.0541. The maximum atomic E-state index is 13.8. The van der Waals surface area contributed by atoms with E-state index < -0.39 is 6.23 Å². The highest BCUT2D eigenvalue weighted by molar-refractivity contribution is 6.12. The molecule has 45 heavy (non-hydrogen) atoms. The van der Waals surface area contributed by atoms with Gasteiger partial charge in [0.1, 0.15) is 11.5 Å². The number of anilines is 2. The van der Waals surface area contributed by atoms with Crippen LogP contribution in [0.3, 0.4) is 0 Å². The van der Waals surface area contributed by atoms with Gasteiger partial charge in [-0.25, -0.2) is 4.98 Å². The topological polar surface area (TPSA) is 137 Å². The summed E-state index contributed by atoms with van der Waals surface area (Å²) in [6.45, 7) is 9.30. The fourth-order valence-electron chi connectivity index (χ4n) is 7.07. The second-order valence-corrected chi connectivity index (χ2v) is 13.1. The van der Waals surface area contributed by atoms with Crippen LogP contribution in [0, 0.1) is 5.41 Å². The average molecular weight is 616 g/mol. The third kappa shape index (κ3) is 5.33. The van der Waals surface area contributed by atoms with Crippen LogP contribution in [0.5, 0.6) is 0 Å². The first-order valence-electron chi connectivity index (χ1n) is 15.5.